The van der Waals surface area contributed by atoms with Crippen molar-refractivity contribution in [2.45, 2.75) is 6.42 Å². The summed E-state index contributed by atoms with van der Waals surface area (Å²) in [4.78, 5) is 15.3. The number of hydrogen-bond donors (Lipinski definition) is 0. The van der Waals surface area contributed by atoms with Gasteiger partial charge in [-0.1, -0.05) is 12.1 Å². The number of para-hydroxylation sites is 2. The molecule has 100 valence electrons. The van der Waals surface area contributed by atoms with E-state index >= 15 is 0 Å². The third-order valence-electron chi connectivity index (χ3n) is 3.43. The van der Waals surface area contributed by atoms with Crippen molar-refractivity contribution in [2.75, 3.05) is 0 Å². The summed E-state index contributed by atoms with van der Waals surface area (Å²) >= 11 is 0. The highest BCUT2D eigenvalue weighted by Crippen LogP contribution is 2.19. The molecule has 2 aromatic carbocycles. The average Bonchev–Trinajstić information content (AvgIpc) is 2.78. The molecule has 0 saturated heterocycles. The Balaban J connectivity index is 2.05. The van der Waals surface area contributed by atoms with E-state index in [9.17, 15) is 9.18 Å². The fourth-order valence-corrected chi connectivity index (χ4v) is 2.33. The first kappa shape index (κ1) is 12.5. The Morgan fingerprint density at radius 1 is 1.25 bits per heavy atom. The van der Waals surface area contributed by atoms with Gasteiger partial charge in [0, 0.05) is 19.0 Å². The third-order valence-corrected chi connectivity index (χ3v) is 3.43. The van der Waals surface area contributed by atoms with E-state index in [-0.39, 0.29) is 5.82 Å². The smallest absolute Gasteiger partial charge is 0.150 e. The molecule has 3 nitrogen and oxygen atoms in total. The highest BCUT2D eigenvalue weighted by Gasteiger charge is 2.11. The van der Waals surface area contributed by atoms with Gasteiger partial charge in [-0.15, -0.1) is 0 Å². The number of hydrogen-bond acceptors (Lipinski definition) is 2. The van der Waals surface area contributed by atoms with Crippen LogP contribution in [0.25, 0.3) is 11.0 Å². The van der Waals surface area contributed by atoms with Crippen LogP contribution in [0.15, 0.2) is 42.5 Å². The number of benzene rings is 2. The van der Waals surface area contributed by atoms with Crippen LogP contribution in [-0.2, 0) is 13.5 Å². The zero-order chi connectivity index (χ0) is 14.1. The van der Waals surface area contributed by atoms with Gasteiger partial charge in [-0.05, 0) is 35.9 Å². The van der Waals surface area contributed by atoms with Gasteiger partial charge in [0.1, 0.15) is 17.9 Å². The largest absolute Gasteiger partial charge is 0.331 e. The van der Waals surface area contributed by atoms with E-state index in [0.717, 1.165) is 23.1 Å². The summed E-state index contributed by atoms with van der Waals surface area (Å²) in [6.45, 7) is 0. The second-order valence-electron chi connectivity index (χ2n) is 4.72. The van der Waals surface area contributed by atoms with Gasteiger partial charge in [0.25, 0.3) is 0 Å². The lowest BCUT2D eigenvalue weighted by Gasteiger charge is -2.05. The Hall–Kier alpha value is -2.49. The maximum atomic E-state index is 13.8. The van der Waals surface area contributed by atoms with Crippen molar-refractivity contribution < 1.29 is 9.18 Å². The average molecular weight is 268 g/mol. The Morgan fingerprint density at radius 2 is 2.05 bits per heavy atom. The zero-order valence-corrected chi connectivity index (χ0v) is 11.0. The van der Waals surface area contributed by atoms with Gasteiger partial charge < -0.3 is 4.57 Å². The second-order valence-corrected chi connectivity index (χ2v) is 4.72. The van der Waals surface area contributed by atoms with Crippen LogP contribution < -0.4 is 0 Å². The monoisotopic (exact) mass is 268 g/mol. The molecule has 0 saturated carbocycles. The Bertz CT molecular complexity index is 792. The number of carbonyl (C=O) groups is 1. The van der Waals surface area contributed by atoms with Crippen molar-refractivity contribution in [2.24, 2.45) is 7.05 Å². The van der Waals surface area contributed by atoms with E-state index in [2.05, 4.69) is 4.98 Å². The molecule has 0 fully saturated rings. The fourth-order valence-electron chi connectivity index (χ4n) is 2.33. The summed E-state index contributed by atoms with van der Waals surface area (Å²) < 4.78 is 15.8. The van der Waals surface area contributed by atoms with Crippen LogP contribution in [0.4, 0.5) is 4.39 Å². The molecule has 4 heteroatoms. The van der Waals surface area contributed by atoms with Crippen molar-refractivity contribution >= 4 is 17.3 Å². The van der Waals surface area contributed by atoms with Gasteiger partial charge in [-0.3, -0.25) is 4.79 Å². The summed E-state index contributed by atoms with van der Waals surface area (Å²) in [6.07, 6.45) is 1.08. The van der Waals surface area contributed by atoms with E-state index in [0.29, 0.717) is 17.5 Å². The van der Waals surface area contributed by atoms with Crippen LogP contribution >= 0.6 is 0 Å². The lowest BCUT2D eigenvalue weighted by molar-refractivity contribution is 0.112. The van der Waals surface area contributed by atoms with E-state index in [1.807, 2.05) is 35.9 Å². The topological polar surface area (TPSA) is 34.9 Å². The second kappa shape index (κ2) is 4.89. The number of halogens is 1. The van der Waals surface area contributed by atoms with Crippen LogP contribution in [0.1, 0.15) is 21.7 Å². The van der Waals surface area contributed by atoms with Gasteiger partial charge in [0.05, 0.1) is 11.0 Å². The summed E-state index contributed by atoms with van der Waals surface area (Å²) in [5.74, 6) is 0.454. The molecule has 3 rings (SSSR count). The summed E-state index contributed by atoms with van der Waals surface area (Å²) in [7, 11) is 1.91. The predicted octanol–water partition coefficient (Wildman–Crippen LogP) is 3.12. The van der Waals surface area contributed by atoms with Crippen molar-refractivity contribution in [1.29, 1.82) is 0 Å². The maximum Gasteiger partial charge on any atom is 0.150 e. The molecule has 1 aromatic heterocycles. The van der Waals surface area contributed by atoms with Crippen LogP contribution in [0, 0.1) is 5.82 Å². The number of aromatic nitrogens is 2. The number of aryl methyl sites for hydroxylation is 1. The van der Waals surface area contributed by atoms with Crippen LogP contribution in [0.3, 0.4) is 0 Å². The number of aldehydes is 1. The predicted molar refractivity (Wildman–Crippen MR) is 75.3 cm³/mol. The SMILES string of the molecule is Cn1c(Cc2cc(C=O)ccc2F)nc2ccccc21. The third kappa shape index (κ3) is 2.09. The molecule has 0 bridgehead atoms. The Kier molecular flexibility index (Phi) is 3.06. The minimum Gasteiger partial charge on any atom is -0.331 e. The maximum absolute atomic E-state index is 13.8. The van der Waals surface area contributed by atoms with Gasteiger partial charge in [-0.2, -0.15) is 0 Å². The molecule has 0 spiro atoms. The standard InChI is InChI=1S/C16H13FN2O/c1-19-15-5-3-2-4-14(15)18-16(19)9-12-8-11(10-20)6-7-13(12)17/h2-8,10H,9H2,1H3. The van der Waals surface area contributed by atoms with Crippen LogP contribution in [0.2, 0.25) is 0 Å². The van der Waals surface area contributed by atoms with Crippen LogP contribution in [-0.4, -0.2) is 15.8 Å². The van der Waals surface area contributed by atoms with E-state index in [1.54, 1.807) is 6.07 Å². The Labute approximate surface area is 115 Å². The molecule has 0 aliphatic rings. The fraction of sp³-hybridized carbons (Fsp3) is 0.125. The summed E-state index contributed by atoms with van der Waals surface area (Å²) in [6, 6.07) is 12.1. The van der Waals surface area contributed by atoms with Crippen molar-refractivity contribution in [1.82, 2.24) is 9.55 Å². The molecular weight excluding hydrogens is 255 g/mol. The molecule has 0 N–H and O–H groups in total. The quantitative estimate of drug-likeness (QED) is 0.684. The molecular formula is C16H13FN2O. The molecule has 0 atom stereocenters. The highest BCUT2D eigenvalue weighted by atomic mass is 19.1. The zero-order valence-electron chi connectivity index (χ0n) is 11.0. The van der Waals surface area contributed by atoms with Crippen molar-refractivity contribution in [3.8, 4) is 0 Å². The first-order chi connectivity index (χ1) is 9.69. The molecule has 0 unspecified atom stereocenters. The molecule has 0 aliphatic heterocycles. The van der Waals surface area contributed by atoms with Gasteiger partial charge >= 0.3 is 0 Å². The lowest BCUT2D eigenvalue weighted by Crippen LogP contribution is -2.01. The number of nitrogens with zero attached hydrogens (tertiary/aromatic N) is 2. The number of rotatable bonds is 3. The molecule has 0 aliphatic carbocycles. The molecule has 0 amide bonds. The van der Waals surface area contributed by atoms with Gasteiger partial charge in [-0.25, -0.2) is 9.37 Å². The summed E-state index contributed by atoms with van der Waals surface area (Å²) in [5.41, 5.74) is 2.85. The van der Waals surface area contributed by atoms with E-state index in [1.165, 1.54) is 12.1 Å². The van der Waals surface area contributed by atoms with Crippen molar-refractivity contribution in [3.63, 3.8) is 0 Å². The van der Waals surface area contributed by atoms with E-state index in [4.69, 9.17) is 0 Å². The first-order valence-corrected chi connectivity index (χ1v) is 6.33. The van der Waals surface area contributed by atoms with E-state index < -0.39 is 0 Å². The molecule has 3 aromatic rings. The summed E-state index contributed by atoms with van der Waals surface area (Å²) in [5, 5.41) is 0. The normalized spacial score (nSPS) is 10.9. The minimum absolute atomic E-state index is 0.317. The highest BCUT2D eigenvalue weighted by molar-refractivity contribution is 5.76. The number of fused-ring (bicyclic) bond motifs is 1. The molecule has 20 heavy (non-hydrogen) atoms. The lowest BCUT2D eigenvalue weighted by atomic mass is 10.1. The first-order valence-electron chi connectivity index (χ1n) is 6.33. The number of imidazole rings is 1. The van der Waals surface area contributed by atoms with Crippen molar-refractivity contribution in [3.05, 3.63) is 65.2 Å². The molecule has 1 heterocycles. The molecule has 0 radical (unpaired) electrons. The van der Waals surface area contributed by atoms with Crippen LogP contribution in [0.5, 0.6) is 0 Å². The number of carbonyl (C=O) groups excluding carboxylic acids is 1. The minimum atomic E-state index is -0.317. The van der Waals surface area contributed by atoms with Gasteiger partial charge in [0.15, 0.2) is 0 Å². The van der Waals surface area contributed by atoms with Gasteiger partial charge in [0.2, 0.25) is 0 Å². The Morgan fingerprint density at radius 3 is 2.80 bits per heavy atom.